The molecule has 0 aliphatic carbocycles. The second-order valence-electron chi connectivity index (χ2n) is 6.42. The Labute approximate surface area is 163 Å². The van der Waals surface area contributed by atoms with Gasteiger partial charge in [0.05, 0.1) is 11.1 Å². The van der Waals surface area contributed by atoms with Gasteiger partial charge in [-0.15, -0.1) is 0 Å². The van der Waals surface area contributed by atoms with Crippen molar-refractivity contribution in [3.63, 3.8) is 0 Å². The molecule has 1 aromatic heterocycles. The standard InChI is InChI=1S/C23H16N2O.ClH/c26-16-11-9-15(10-12-16)23(19-13-24-21-7-3-1-5-17(19)21)20-14-25-22-8-4-2-6-18(20)22;/h1-14,24,26H;1H. The van der Waals surface area contributed by atoms with E-state index in [0.29, 0.717) is 0 Å². The summed E-state index contributed by atoms with van der Waals surface area (Å²) in [5.74, 6) is 0.269. The highest BCUT2D eigenvalue weighted by molar-refractivity contribution is 6.24. The van der Waals surface area contributed by atoms with Gasteiger partial charge in [-0.25, -0.2) is 4.99 Å². The Hall–Kier alpha value is -3.30. The summed E-state index contributed by atoms with van der Waals surface area (Å²) in [4.78, 5) is 6.76. The molecule has 4 heteroatoms. The van der Waals surface area contributed by atoms with Crippen LogP contribution in [0.4, 0.5) is 5.69 Å². The minimum Gasteiger partial charge on any atom is -1.00 e. The number of phenols is 1. The third-order valence-corrected chi connectivity index (χ3v) is 4.87. The van der Waals surface area contributed by atoms with Crippen molar-refractivity contribution in [2.24, 2.45) is 0 Å². The topological polar surface area (TPSA) is 50.0 Å². The lowest BCUT2D eigenvalue weighted by Gasteiger charge is -2.10. The second kappa shape index (κ2) is 6.78. The molecular formula is C23H17ClN2O. The first-order valence-corrected chi connectivity index (χ1v) is 8.60. The van der Waals surface area contributed by atoms with Gasteiger partial charge in [0.2, 0.25) is 5.69 Å². The number of aromatic amines is 1. The Bertz CT molecular complexity index is 1190. The number of rotatable bonds is 2. The highest BCUT2D eigenvalue weighted by Crippen LogP contribution is 2.37. The number of hydrogen-bond donors (Lipinski definition) is 3. The number of aromatic hydroxyl groups is 1. The Balaban J connectivity index is 0.00000180. The summed E-state index contributed by atoms with van der Waals surface area (Å²) in [6, 6.07) is 24.0. The number of benzene rings is 3. The molecule has 4 aromatic rings. The molecule has 3 nitrogen and oxygen atoms in total. The SMILES string of the molecule is Oc1ccc(C(=C2C=[NH+]c3ccccc32)c2c[nH]c3ccccc23)cc1.[Cl-]. The third-order valence-electron chi connectivity index (χ3n) is 4.87. The molecule has 0 fully saturated rings. The highest BCUT2D eigenvalue weighted by Gasteiger charge is 2.24. The average Bonchev–Trinajstić information content (AvgIpc) is 3.29. The third kappa shape index (κ3) is 2.82. The summed E-state index contributed by atoms with van der Waals surface area (Å²) in [7, 11) is 0. The second-order valence-corrected chi connectivity index (χ2v) is 6.42. The van der Waals surface area contributed by atoms with Gasteiger partial charge in [0, 0.05) is 34.3 Å². The number of nitrogens with one attached hydrogen (secondary N) is 2. The van der Waals surface area contributed by atoms with Crippen molar-refractivity contribution in [2.75, 3.05) is 0 Å². The molecule has 1 aliphatic heterocycles. The van der Waals surface area contributed by atoms with Gasteiger partial charge in [0.25, 0.3) is 0 Å². The molecule has 27 heavy (non-hydrogen) atoms. The fraction of sp³-hybridized carbons (Fsp3) is 0. The van der Waals surface area contributed by atoms with Crippen LogP contribution in [-0.4, -0.2) is 16.3 Å². The molecule has 3 aromatic carbocycles. The van der Waals surface area contributed by atoms with E-state index in [-0.39, 0.29) is 18.2 Å². The molecule has 0 radical (unpaired) electrons. The van der Waals surface area contributed by atoms with Crippen molar-refractivity contribution >= 4 is 34.0 Å². The molecule has 0 amide bonds. The van der Waals surface area contributed by atoms with Crippen LogP contribution in [0.25, 0.3) is 22.0 Å². The van der Waals surface area contributed by atoms with E-state index < -0.39 is 0 Å². The zero-order valence-electron chi connectivity index (χ0n) is 14.4. The number of halogens is 1. The van der Waals surface area contributed by atoms with Gasteiger partial charge < -0.3 is 22.5 Å². The van der Waals surface area contributed by atoms with Gasteiger partial charge in [0.1, 0.15) is 5.75 Å². The molecule has 0 unspecified atom stereocenters. The molecule has 132 valence electrons. The number of allylic oxidation sites excluding steroid dienone is 1. The van der Waals surface area contributed by atoms with Crippen LogP contribution < -0.4 is 17.4 Å². The fourth-order valence-corrected chi connectivity index (χ4v) is 3.64. The lowest BCUT2D eigenvalue weighted by molar-refractivity contribution is -0.342. The molecular weight excluding hydrogens is 356 g/mol. The van der Waals surface area contributed by atoms with E-state index in [1.807, 2.05) is 24.3 Å². The normalized spacial score (nSPS) is 14.1. The van der Waals surface area contributed by atoms with E-state index in [1.165, 1.54) is 10.9 Å². The van der Waals surface area contributed by atoms with Crippen LogP contribution in [-0.2, 0) is 0 Å². The summed E-state index contributed by atoms with van der Waals surface area (Å²) in [6.07, 6.45) is 4.13. The van der Waals surface area contributed by atoms with Crippen LogP contribution in [0.1, 0.15) is 16.7 Å². The van der Waals surface area contributed by atoms with Crippen molar-refractivity contribution in [1.29, 1.82) is 0 Å². The summed E-state index contributed by atoms with van der Waals surface area (Å²) in [6.45, 7) is 0. The predicted octanol–water partition coefficient (Wildman–Crippen LogP) is 0.633. The molecule has 1 aliphatic rings. The van der Waals surface area contributed by atoms with Crippen molar-refractivity contribution in [1.82, 2.24) is 4.98 Å². The number of para-hydroxylation sites is 2. The molecule has 0 spiro atoms. The quantitative estimate of drug-likeness (QED) is 0.475. The van der Waals surface area contributed by atoms with Gasteiger partial charge in [-0.05, 0) is 29.8 Å². The largest absolute Gasteiger partial charge is 1.00 e. The number of fused-ring (bicyclic) bond motifs is 2. The molecule has 0 bridgehead atoms. The summed E-state index contributed by atoms with van der Waals surface area (Å²) < 4.78 is 0. The van der Waals surface area contributed by atoms with E-state index in [0.717, 1.165) is 33.5 Å². The number of phenolic OH excluding ortho intramolecular Hbond substituents is 1. The molecule has 2 heterocycles. The van der Waals surface area contributed by atoms with Crippen LogP contribution in [0.15, 0.2) is 79.0 Å². The zero-order valence-corrected chi connectivity index (χ0v) is 15.2. The van der Waals surface area contributed by atoms with Crippen molar-refractivity contribution < 1.29 is 22.5 Å². The lowest BCUT2D eigenvalue weighted by atomic mass is 9.90. The van der Waals surface area contributed by atoms with E-state index in [9.17, 15) is 5.11 Å². The molecule has 0 saturated carbocycles. The van der Waals surface area contributed by atoms with E-state index in [1.54, 1.807) is 12.1 Å². The molecule has 3 N–H and O–H groups in total. The Kier molecular flexibility index (Phi) is 4.30. The first-order chi connectivity index (χ1) is 12.8. The van der Waals surface area contributed by atoms with Gasteiger partial charge >= 0.3 is 0 Å². The number of H-pyrrole nitrogens is 1. The summed E-state index contributed by atoms with van der Waals surface area (Å²) in [5, 5.41) is 10.9. The van der Waals surface area contributed by atoms with Gasteiger partial charge in [-0.3, -0.25) is 0 Å². The first-order valence-electron chi connectivity index (χ1n) is 8.60. The molecule has 5 rings (SSSR count). The fourth-order valence-electron chi connectivity index (χ4n) is 3.64. The Morgan fingerprint density at radius 3 is 2.44 bits per heavy atom. The summed E-state index contributed by atoms with van der Waals surface area (Å²) >= 11 is 0. The van der Waals surface area contributed by atoms with Crippen molar-refractivity contribution in [3.05, 3.63) is 95.7 Å². The van der Waals surface area contributed by atoms with Gasteiger partial charge in [-0.1, -0.05) is 42.5 Å². The lowest BCUT2D eigenvalue weighted by Crippen LogP contribution is -3.00. The van der Waals surface area contributed by atoms with Crippen LogP contribution in [0, 0.1) is 0 Å². The number of hydrogen-bond acceptors (Lipinski definition) is 1. The zero-order chi connectivity index (χ0) is 17.5. The van der Waals surface area contributed by atoms with E-state index in [4.69, 9.17) is 0 Å². The number of aromatic nitrogens is 1. The van der Waals surface area contributed by atoms with Crippen molar-refractivity contribution in [3.8, 4) is 5.75 Å². The van der Waals surface area contributed by atoms with Crippen LogP contribution in [0.2, 0.25) is 0 Å². The first kappa shape index (κ1) is 17.1. The Morgan fingerprint density at radius 1 is 0.852 bits per heavy atom. The van der Waals surface area contributed by atoms with Crippen LogP contribution in [0.3, 0.4) is 0 Å². The maximum atomic E-state index is 9.72. The Morgan fingerprint density at radius 2 is 1.59 bits per heavy atom. The minimum absolute atomic E-state index is 0. The van der Waals surface area contributed by atoms with Crippen LogP contribution >= 0.6 is 0 Å². The highest BCUT2D eigenvalue weighted by atomic mass is 35.5. The monoisotopic (exact) mass is 372 g/mol. The molecule has 0 atom stereocenters. The average molecular weight is 373 g/mol. The minimum atomic E-state index is 0. The predicted molar refractivity (Wildman–Crippen MR) is 105 cm³/mol. The van der Waals surface area contributed by atoms with Crippen LogP contribution in [0.5, 0.6) is 5.75 Å². The molecule has 0 saturated heterocycles. The van der Waals surface area contributed by atoms with Crippen molar-refractivity contribution in [2.45, 2.75) is 0 Å². The van der Waals surface area contributed by atoms with E-state index in [2.05, 4.69) is 58.8 Å². The smallest absolute Gasteiger partial charge is 0.211 e. The summed E-state index contributed by atoms with van der Waals surface area (Å²) in [5.41, 5.74) is 7.90. The van der Waals surface area contributed by atoms with Gasteiger partial charge in [0.15, 0.2) is 6.21 Å². The maximum Gasteiger partial charge on any atom is 0.211 e. The van der Waals surface area contributed by atoms with Gasteiger partial charge in [-0.2, -0.15) is 0 Å². The van der Waals surface area contributed by atoms with E-state index >= 15 is 0 Å². The maximum absolute atomic E-state index is 9.72.